The Kier molecular flexibility index (Phi) is 7.04. The highest BCUT2D eigenvalue weighted by molar-refractivity contribution is 7.99. The minimum Gasteiger partial charge on any atom is -0.495 e. The van der Waals surface area contributed by atoms with Crippen LogP contribution in [0.15, 0.2) is 90.1 Å². The number of methoxy groups -OCH3 is 1. The second kappa shape index (κ2) is 10.3. The lowest BCUT2D eigenvalue weighted by Gasteiger charge is -2.11. The average Bonchev–Trinajstić information content (AvgIpc) is 2.84. The van der Waals surface area contributed by atoms with E-state index in [2.05, 4.69) is 15.3 Å². The standard InChI is InChI=1S/C25H20ClN3O2S/c1-31-23-13-12-19(26)14-22(23)27-24(30)16-32-25-28-20(17-8-4-2-5-9-17)15-21(29-25)18-10-6-3-7-11-18/h2-15H,16H2,1H3,(H,27,30). The Bertz CT molecular complexity index is 1160. The van der Waals surface area contributed by atoms with Crippen LogP contribution in [0.1, 0.15) is 0 Å². The van der Waals surface area contributed by atoms with E-state index in [4.69, 9.17) is 16.3 Å². The lowest BCUT2D eigenvalue weighted by atomic mass is 10.1. The van der Waals surface area contributed by atoms with Gasteiger partial charge in [0.1, 0.15) is 5.75 Å². The monoisotopic (exact) mass is 461 g/mol. The molecule has 3 aromatic carbocycles. The fourth-order valence-corrected chi connectivity index (χ4v) is 3.93. The molecule has 32 heavy (non-hydrogen) atoms. The zero-order valence-corrected chi connectivity index (χ0v) is 18.9. The van der Waals surface area contributed by atoms with Gasteiger partial charge in [-0.05, 0) is 24.3 Å². The SMILES string of the molecule is COc1ccc(Cl)cc1NC(=O)CSc1nc(-c2ccccc2)cc(-c2ccccc2)n1. The van der Waals surface area contributed by atoms with Gasteiger partial charge in [-0.15, -0.1) is 0 Å². The number of aromatic nitrogens is 2. The van der Waals surface area contributed by atoms with Crippen LogP contribution in [0.4, 0.5) is 5.69 Å². The van der Waals surface area contributed by atoms with E-state index >= 15 is 0 Å². The van der Waals surface area contributed by atoms with Gasteiger partial charge in [-0.25, -0.2) is 9.97 Å². The molecule has 1 aromatic heterocycles. The summed E-state index contributed by atoms with van der Waals surface area (Å²) in [6.45, 7) is 0. The van der Waals surface area contributed by atoms with Gasteiger partial charge in [-0.3, -0.25) is 4.79 Å². The first-order valence-electron chi connectivity index (χ1n) is 9.88. The van der Waals surface area contributed by atoms with Crippen LogP contribution in [0.5, 0.6) is 5.75 Å². The van der Waals surface area contributed by atoms with Crippen molar-refractivity contribution >= 4 is 35.0 Å². The molecule has 0 saturated carbocycles. The third-order valence-electron chi connectivity index (χ3n) is 4.61. The Morgan fingerprint density at radius 2 is 1.50 bits per heavy atom. The number of rotatable bonds is 7. The number of amides is 1. The van der Waals surface area contributed by atoms with Crippen molar-refractivity contribution in [3.05, 3.63) is 90.0 Å². The molecule has 0 fully saturated rings. The Morgan fingerprint density at radius 1 is 0.906 bits per heavy atom. The van der Waals surface area contributed by atoms with E-state index < -0.39 is 0 Å². The van der Waals surface area contributed by atoms with Crippen molar-refractivity contribution in [3.8, 4) is 28.3 Å². The predicted octanol–water partition coefficient (Wildman–Crippen LogP) is 6.20. The van der Waals surface area contributed by atoms with Crippen molar-refractivity contribution in [1.29, 1.82) is 0 Å². The van der Waals surface area contributed by atoms with E-state index in [0.717, 1.165) is 22.5 Å². The number of nitrogens with zero attached hydrogens (tertiary/aromatic N) is 2. The van der Waals surface area contributed by atoms with Gasteiger partial charge in [0.05, 0.1) is 29.9 Å². The lowest BCUT2D eigenvalue weighted by Crippen LogP contribution is -2.15. The van der Waals surface area contributed by atoms with Crippen molar-refractivity contribution in [1.82, 2.24) is 9.97 Å². The van der Waals surface area contributed by atoms with Crippen molar-refractivity contribution in [2.24, 2.45) is 0 Å². The van der Waals surface area contributed by atoms with E-state index in [0.29, 0.717) is 21.6 Å². The van der Waals surface area contributed by atoms with Crippen LogP contribution in [0.3, 0.4) is 0 Å². The number of hydrogen-bond donors (Lipinski definition) is 1. The van der Waals surface area contributed by atoms with E-state index in [9.17, 15) is 4.79 Å². The van der Waals surface area contributed by atoms with Crippen LogP contribution in [-0.2, 0) is 4.79 Å². The maximum atomic E-state index is 12.6. The van der Waals surface area contributed by atoms with Gasteiger partial charge >= 0.3 is 0 Å². The average molecular weight is 462 g/mol. The number of halogens is 1. The largest absolute Gasteiger partial charge is 0.495 e. The molecule has 4 rings (SSSR count). The van der Waals surface area contributed by atoms with Gasteiger partial charge in [0, 0.05) is 16.1 Å². The van der Waals surface area contributed by atoms with Gasteiger partial charge in [0.2, 0.25) is 5.91 Å². The summed E-state index contributed by atoms with van der Waals surface area (Å²) in [4.78, 5) is 22.0. The van der Waals surface area contributed by atoms with E-state index in [1.165, 1.54) is 11.8 Å². The molecule has 5 nitrogen and oxygen atoms in total. The molecule has 4 aromatic rings. The molecule has 0 aliphatic carbocycles. The zero-order valence-electron chi connectivity index (χ0n) is 17.3. The van der Waals surface area contributed by atoms with Gasteiger partial charge in [-0.1, -0.05) is 84.0 Å². The molecule has 0 unspecified atom stereocenters. The number of nitrogens with one attached hydrogen (secondary N) is 1. The molecular formula is C25H20ClN3O2S. The molecule has 0 spiro atoms. The Hall–Kier alpha value is -3.35. The smallest absolute Gasteiger partial charge is 0.234 e. The van der Waals surface area contributed by atoms with Crippen LogP contribution in [0.2, 0.25) is 5.02 Å². The fourth-order valence-electron chi connectivity index (χ4n) is 3.10. The Labute approximate surface area is 195 Å². The summed E-state index contributed by atoms with van der Waals surface area (Å²) in [7, 11) is 1.54. The lowest BCUT2D eigenvalue weighted by molar-refractivity contribution is -0.113. The molecule has 160 valence electrons. The van der Waals surface area contributed by atoms with E-state index in [1.807, 2.05) is 66.7 Å². The molecular weight excluding hydrogens is 442 g/mol. The van der Waals surface area contributed by atoms with Crippen LogP contribution in [0, 0.1) is 0 Å². The van der Waals surface area contributed by atoms with E-state index in [-0.39, 0.29) is 11.7 Å². The summed E-state index contributed by atoms with van der Waals surface area (Å²) in [6.07, 6.45) is 0. The van der Waals surface area contributed by atoms with Crippen LogP contribution >= 0.6 is 23.4 Å². The van der Waals surface area contributed by atoms with Crippen LogP contribution < -0.4 is 10.1 Å². The predicted molar refractivity (Wildman–Crippen MR) is 130 cm³/mol. The number of anilines is 1. The first kappa shape index (κ1) is 21.9. The van der Waals surface area contributed by atoms with Crippen molar-refractivity contribution in [2.75, 3.05) is 18.2 Å². The minimum absolute atomic E-state index is 0.141. The molecule has 0 aliphatic rings. The first-order chi connectivity index (χ1) is 15.6. The Morgan fingerprint density at radius 3 is 2.06 bits per heavy atom. The molecule has 0 radical (unpaired) electrons. The van der Waals surface area contributed by atoms with Crippen molar-refractivity contribution < 1.29 is 9.53 Å². The maximum Gasteiger partial charge on any atom is 0.234 e. The fraction of sp³-hybridized carbons (Fsp3) is 0.0800. The third kappa shape index (κ3) is 5.46. The molecule has 0 aliphatic heterocycles. The molecule has 1 heterocycles. The molecule has 0 bridgehead atoms. The Balaban J connectivity index is 1.56. The number of ether oxygens (including phenoxy) is 1. The zero-order chi connectivity index (χ0) is 22.3. The highest BCUT2D eigenvalue weighted by Crippen LogP contribution is 2.29. The quantitative estimate of drug-likeness (QED) is 0.262. The maximum absolute atomic E-state index is 12.6. The second-order valence-corrected chi connectivity index (χ2v) is 8.21. The van der Waals surface area contributed by atoms with Gasteiger partial charge in [0.25, 0.3) is 0 Å². The highest BCUT2D eigenvalue weighted by Gasteiger charge is 2.13. The normalized spacial score (nSPS) is 10.6. The van der Waals surface area contributed by atoms with Gasteiger partial charge in [0.15, 0.2) is 5.16 Å². The molecule has 0 saturated heterocycles. The van der Waals surface area contributed by atoms with E-state index in [1.54, 1.807) is 25.3 Å². The summed E-state index contributed by atoms with van der Waals surface area (Å²) in [5.41, 5.74) is 4.11. The van der Waals surface area contributed by atoms with Crippen molar-refractivity contribution in [2.45, 2.75) is 5.16 Å². The van der Waals surface area contributed by atoms with Gasteiger partial charge in [-0.2, -0.15) is 0 Å². The molecule has 1 amide bonds. The topological polar surface area (TPSA) is 64.1 Å². The summed E-state index contributed by atoms with van der Waals surface area (Å²) < 4.78 is 5.29. The summed E-state index contributed by atoms with van der Waals surface area (Å²) in [6, 6.07) is 26.9. The second-order valence-electron chi connectivity index (χ2n) is 6.83. The number of carbonyl (C=O) groups is 1. The number of carbonyl (C=O) groups excluding carboxylic acids is 1. The summed E-state index contributed by atoms with van der Waals surface area (Å²) in [5.74, 6) is 0.481. The van der Waals surface area contributed by atoms with Crippen LogP contribution in [0.25, 0.3) is 22.5 Å². The molecule has 7 heteroatoms. The molecule has 0 atom stereocenters. The first-order valence-corrected chi connectivity index (χ1v) is 11.2. The third-order valence-corrected chi connectivity index (χ3v) is 5.70. The van der Waals surface area contributed by atoms with Crippen LogP contribution in [-0.4, -0.2) is 28.7 Å². The highest BCUT2D eigenvalue weighted by atomic mass is 35.5. The summed E-state index contributed by atoms with van der Waals surface area (Å²) in [5, 5.41) is 3.88. The minimum atomic E-state index is -0.203. The summed E-state index contributed by atoms with van der Waals surface area (Å²) >= 11 is 7.32. The number of hydrogen-bond acceptors (Lipinski definition) is 5. The van der Waals surface area contributed by atoms with Crippen molar-refractivity contribution in [3.63, 3.8) is 0 Å². The number of benzene rings is 3. The number of thioether (sulfide) groups is 1. The molecule has 1 N–H and O–H groups in total. The van der Waals surface area contributed by atoms with Gasteiger partial charge < -0.3 is 10.1 Å².